The zero-order valence-corrected chi connectivity index (χ0v) is 17.1. The van der Waals surface area contributed by atoms with Crippen LogP contribution in [0.15, 0.2) is 35.5 Å². The lowest BCUT2D eigenvalue weighted by Crippen LogP contribution is -2.39. The van der Waals surface area contributed by atoms with Crippen molar-refractivity contribution in [2.24, 2.45) is 5.92 Å². The first-order chi connectivity index (χ1) is 14.1. The van der Waals surface area contributed by atoms with E-state index in [2.05, 4.69) is 9.97 Å². The standard InChI is InChI=1S/C21H25N3O4S/c25-29(26,18-3-4-20-17(11-18)7-10-27-20)24-8-5-15(6-9-24)13-28-21-12-19(16-1-2-16)22-14-23-21/h3-4,11-12,14-16H,1-2,5-10,13H2. The molecule has 1 saturated carbocycles. The van der Waals surface area contributed by atoms with Crippen LogP contribution >= 0.6 is 0 Å². The number of piperidine rings is 1. The maximum atomic E-state index is 13.0. The molecule has 3 heterocycles. The number of sulfonamides is 1. The molecule has 0 radical (unpaired) electrons. The summed E-state index contributed by atoms with van der Waals surface area (Å²) in [6, 6.07) is 7.13. The number of nitrogens with zero attached hydrogens (tertiary/aromatic N) is 3. The second kappa shape index (κ2) is 7.57. The van der Waals surface area contributed by atoms with Gasteiger partial charge in [0.05, 0.1) is 23.8 Å². The van der Waals surface area contributed by atoms with Crippen LogP contribution in [0, 0.1) is 5.92 Å². The van der Waals surface area contributed by atoms with Crippen LogP contribution in [0.1, 0.15) is 42.9 Å². The second-order valence-corrected chi connectivity index (χ2v) is 10.0. The fourth-order valence-electron chi connectivity index (χ4n) is 4.03. The predicted molar refractivity (Wildman–Crippen MR) is 107 cm³/mol. The van der Waals surface area contributed by atoms with Crippen molar-refractivity contribution >= 4 is 10.0 Å². The van der Waals surface area contributed by atoms with Gasteiger partial charge in [0.25, 0.3) is 0 Å². The molecule has 8 heteroatoms. The Labute approximate surface area is 171 Å². The Kier molecular flexibility index (Phi) is 4.91. The highest BCUT2D eigenvalue weighted by Gasteiger charge is 2.31. The molecule has 0 bridgehead atoms. The molecule has 0 atom stereocenters. The molecule has 2 aromatic rings. The van der Waals surface area contributed by atoms with Gasteiger partial charge < -0.3 is 9.47 Å². The molecule has 5 rings (SSSR count). The Balaban J connectivity index is 1.17. The third kappa shape index (κ3) is 3.96. The summed E-state index contributed by atoms with van der Waals surface area (Å²) in [6.45, 7) is 2.21. The minimum atomic E-state index is -3.47. The molecule has 1 aliphatic carbocycles. The Bertz CT molecular complexity index is 999. The molecule has 1 aromatic carbocycles. The minimum absolute atomic E-state index is 0.328. The van der Waals surface area contributed by atoms with Crippen LogP contribution in [0.4, 0.5) is 0 Å². The molecule has 0 unspecified atom stereocenters. The van der Waals surface area contributed by atoms with Gasteiger partial charge in [0.15, 0.2) is 0 Å². The van der Waals surface area contributed by atoms with Crippen molar-refractivity contribution in [1.82, 2.24) is 14.3 Å². The number of hydrogen-bond donors (Lipinski definition) is 0. The highest BCUT2D eigenvalue weighted by atomic mass is 32.2. The third-order valence-electron chi connectivity index (χ3n) is 6.00. The highest BCUT2D eigenvalue weighted by molar-refractivity contribution is 7.89. The van der Waals surface area contributed by atoms with Gasteiger partial charge in [-0.05, 0) is 55.4 Å². The van der Waals surface area contributed by atoms with Crippen molar-refractivity contribution in [2.75, 3.05) is 26.3 Å². The fraction of sp³-hybridized carbons (Fsp3) is 0.524. The normalized spacial score (nSPS) is 20.3. The van der Waals surface area contributed by atoms with Gasteiger partial charge in [-0.2, -0.15) is 4.31 Å². The predicted octanol–water partition coefficient (Wildman–Crippen LogP) is 2.77. The minimum Gasteiger partial charge on any atom is -0.493 e. The highest BCUT2D eigenvalue weighted by Crippen LogP contribution is 2.39. The lowest BCUT2D eigenvalue weighted by Gasteiger charge is -2.31. The van der Waals surface area contributed by atoms with Crippen molar-refractivity contribution in [3.8, 4) is 11.6 Å². The van der Waals surface area contributed by atoms with E-state index >= 15 is 0 Å². The van der Waals surface area contributed by atoms with Crippen LogP contribution in [0.2, 0.25) is 0 Å². The molecule has 3 aliphatic rings. The summed E-state index contributed by atoms with van der Waals surface area (Å²) in [6.07, 6.45) is 6.30. The van der Waals surface area contributed by atoms with Crippen LogP contribution in [-0.4, -0.2) is 49.0 Å². The zero-order valence-electron chi connectivity index (χ0n) is 16.3. The Hall–Kier alpha value is -2.19. The Morgan fingerprint density at radius 3 is 2.72 bits per heavy atom. The number of fused-ring (bicyclic) bond motifs is 1. The van der Waals surface area contributed by atoms with E-state index in [9.17, 15) is 8.42 Å². The molecule has 2 fully saturated rings. The summed E-state index contributed by atoms with van der Waals surface area (Å²) >= 11 is 0. The van der Waals surface area contributed by atoms with Gasteiger partial charge in [0, 0.05) is 31.5 Å². The van der Waals surface area contributed by atoms with E-state index in [4.69, 9.17) is 9.47 Å². The van der Waals surface area contributed by atoms with E-state index in [0.29, 0.717) is 48.9 Å². The molecule has 1 saturated heterocycles. The molecule has 0 N–H and O–H groups in total. The first kappa shape index (κ1) is 18.8. The average Bonchev–Trinajstić information content (AvgIpc) is 3.50. The van der Waals surface area contributed by atoms with Crippen molar-refractivity contribution < 1.29 is 17.9 Å². The van der Waals surface area contributed by atoms with E-state index in [1.54, 1.807) is 28.8 Å². The number of ether oxygens (including phenoxy) is 2. The molecule has 7 nitrogen and oxygen atoms in total. The van der Waals surface area contributed by atoms with Gasteiger partial charge >= 0.3 is 0 Å². The van der Waals surface area contributed by atoms with Gasteiger partial charge in [-0.1, -0.05) is 0 Å². The van der Waals surface area contributed by atoms with Crippen molar-refractivity contribution in [3.05, 3.63) is 41.9 Å². The Morgan fingerprint density at radius 2 is 1.93 bits per heavy atom. The van der Waals surface area contributed by atoms with E-state index in [1.807, 2.05) is 6.07 Å². The summed E-state index contributed by atoms with van der Waals surface area (Å²) in [5.41, 5.74) is 2.04. The molecule has 154 valence electrons. The molecule has 2 aliphatic heterocycles. The van der Waals surface area contributed by atoms with Gasteiger partial charge in [0.1, 0.15) is 12.1 Å². The molecule has 0 amide bonds. The number of benzene rings is 1. The lowest BCUT2D eigenvalue weighted by molar-refractivity contribution is 0.180. The molecular weight excluding hydrogens is 390 g/mol. The van der Waals surface area contributed by atoms with Gasteiger partial charge in [-0.15, -0.1) is 0 Å². The lowest BCUT2D eigenvalue weighted by atomic mass is 9.99. The van der Waals surface area contributed by atoms with E-state index < -0.39 is 10.0 Å². The number of hydrogen-bond acceptors (Lipinski definition) is 6. The summed E-state index contributed by atoms with van der Waals surface area (Å²) in [7, 11) is -3.47. The maximum Gasteiger partial charge on any atom is 0.243 e. The monoisotopic (exact) mass is 415 g/mol. The molecular formula is C21H25N3O4S. The first-order valence-corrected chi connectivity index (χ1v) is 11.7. The van der Waals surface area contributed by atoms with Crippen LogP contribution in [-0.2, 0) is 16.4 Å². The van der Waals surface area contributed by atoms with Gasteiger partial charge in [-0.3, -0.25) is 0 Å². The SMILES string of the molecule is O=S(=O)(c1ccc2c(c1)CCO2)N1CCC(COc2cc(C3CC3)ncn2)CC1. The van der Waals surface area contributed by atoms with Crippen LogP contribution in [0.25, 0.3) is 0 Å². The van der Waals surface area contributed by atoms with Gasteiger partial charge in [-0.25, -0.2) is 18.4 Å². The molecule has 0 spiro atoms. The third-order valence-corrected chi connectivity index (χ3v) is 7.89. The van der Waals surface area contributed by atoms with Crippen LogP contribution in [0.5, 0.6) is 11.6 Å². The molecule has 29 heavy (non-hydrogen) atoms. The van der Waals surface area contributed by atoms with E-state index in [0.717, 1.165) is 36.3 Å². The zero-order chi connectivity index (χ0) is 19.8. The molecule has 1 aromatic heterocycles. The topological polar surface area (TPSA) is 81.6 Å². The quantitative estimate of drug-likeness (QED) is 0.722. The van der Waals surface area contributed by atoms with Crippen molar-refractivity contribution in [1.29, 1.82) is 0 Å². The summed E-state index contributed by atoms with van der Waals surface area (Å²) in [5, 5.41) is 0. The summed E-state index contributed by atoms with van der Waals surface area (Å²) < 4.78 is 39.0. The Morgan fingerprint density at radius 1 is 1.10 bits per heavy atom. The summed E-state index contributed by atoms with van der Waals surface area (Å²) in [4.78, 5) is 8.88. The van der Waals surface area contributed by atoms with Crippen LogP contribution in [0.3, 0.4) is 0 Å². The maximum absolute atomic E-state index is 13.0. The van der Waals surface area contributed by atoms with E-state index in [1.165, 1.54) is 12.8 Å². The smallest absolute Gasteiger partial charge is 0.243 e. The van der Waals surface area contributed by atoms with Gasteiger partial charge in [0.2, 0.25) is 15.9 Å². The summed E-state index contributed by atoms with van der Waals surface area (Å²) in [5.74, 6) is 2.32. The number of rotatable bonds is 6. The first-order valence-electron chi connectivity index (χ1n) is 10.3. The number of aromatic nitrogens is 2. The van der Waals surface area contributed by atoms with Crippen molar-refractivity contribution in [2.45, 2.75) is 42.9 Å². The second-order valence-electron chi connectivity index (χ2n) is 8.08. The van der Waals surface area contributed by atoms with E-state index in [-0.39, 0.29) is 0 Å². The largest absolute Gasteiger partial charge is 0.493 e. The fourth-order valence-corrected chi connectivity index (χ4v) is 5.55. The van der Waals surface area contributed by atoms with Crippen LogP contribution < -0.4 is 9.47 Å². The average molecular weight is 416 g/mol. The van der Waals surface area contributed by atoms with Crippen molar-refractivity contribution in [3.63, 3.8) is 0 Å².